The molecule has 0 amide bonds. The lowest BCUT2D eigenvalue weighted by Crippen LogP contribution is -2.16. The van der Waals surface area contributed by atoms with Gasteiger partial charge in [0.25, 0.3) is 0 Å². The van der Waals surface area contributed by atoms with Crippen molar-refractivity contribution in [1.82, 2.24) is 0 Å². The van der Waals surface area contributed by atoms with E-state index >= 15 is 0 Å². The van der Waals surface area contributed by atoms with Gasteiger partial charge in [0.2, 0.25) is 0 Å². The summed E-state index contributed by atoms with van der Waals surface area (Å²) in [6.07, 6.45) is 1.25. The monoisotopic (exact) mass is 307 g/mol. The SMILES string of the molecule is CC.CCC.Cc1cc(C)c2oc(COC(=O)CN)cc2c1. The van der Waals surface area contributed by atoms with Crippen molar-refractivity contribution in [2.24, 2.45) is 5.73 Å². The first-order valence-electron chi connectivity index (χ1n) is 7.87. The van der Waals surface area contributed by atoms with Crippen molar-refractivity contribution in [3.8, 4) is 0 Å². The maximum atomic E-state index is 10.9. The van der Waals surface area contributed by atoms with Gasteiger partial charge in [0.1, 0.15) is 18.0 Å². The van der Waals surface area contributed by atoms with E-state index in [-0.39, 0.29) is 13.2 Å². The Balaban J connectivity index is 0.000000789. The molecule has 22 heavy (non-hydrogen) atoms. The lowest BCUT2D eigenvalue weighted by molar-refractivity contribution is -0.143. The smallest absolute Gasteiger partial charge is 0.320 e. The molecule has 0 saturated heterocycles. The van der Waals surface area contributed by atoms with Crippen molar-refractivity contribution < 1.29 is 13.9 Å². The molecule has 1 heterocycles. The standard InChI is InChI=1S/C13H15NO3.C3H8.C2H6/c1-8-3-9(2)13-10(4-8)5-11(17-13)7-16-12(15)6-14;1-3-2;1-2/h3-5H,6-7,14H2,1-2H3;3H2,1-2H3;1-2H3. The fraction of sp³-hybridized carbons (Fsp3) is 0.500. The van der Waals surface area contributed by atoms with E-state index in [2.05, 4.69) is 19.9 Å². The zero-order valence-corrected chi connectivity index (χ0v) is 14.7. The summed E-state index contributed by atoms with van der Waals surface area (Å²) in [7, 11) is 0. The number of carbonyl (C=O) groups is 1. The number of esters is 1. The Morgan fingerprint density at radius 2 is 1.77 bits per heavy atom. The Kier molecular flexibility index (Phi) is 9.96. The van der Waals surface area contributed by atoms with Crippen molar-refractivity contribution in [1.29, 1.82) is 0 Å². The summed E-state index contributed by atoms with van der Waals surface area (Å²) in [5.41, 5.74) is 8.25. The number of ether oxygens (including phenoxy) is 1. The second-order valence-corrected chi connectivity index (χ2v) is 4.78. The highest BCUT2D eigenvalue weighted by molar-refractivity contribution is 5.81. The molecule has 2 rings (SSSR count). The van der Waals surface area contributed by atoms with Gasteiger partial charge in [-0.25, -0.2) is 0 Å². The Bertz CT molecular complexity index is 573. The Labute approximate surface area is 133 Å². The van der Waals surface area contributed by atoms with Crippen LogP contribution in [-0.4, -0.2) is 12.5 Å². The predicted octanol–water partition coefficient (Wildman–Crippen LogP) is 4.49. The van der Waals surface area contributed by atoms with Gasteiger partial charge in [-0.3, -0.25) is 4.79 Å². The van der Waals surface area contributed by atoms with E-state index in [1.54, 1.807) is 0 Å². The average molecular weight is 307 g/mol. The van der Waals surface area contributed by atoms with Gasteiger partial charge in [-0.05, 0) is 31.5 Å². The fourth-order valence-corrected chi connectivity index (χ4v) is 1.85. The van der Waals surface area contributed by atoms with Gasteiger partial charge in [0.05, 0.1) is 6.54 Å². The van der Waals surface area contributed by atoms with Crippen molar-refractivity contribution in [2.45, 2.75) is 54.6 Å². The van der Waals surface area contributed by atoms with Crippen LogP contribution in [0.1, 0.15) is 51.0 Å². The molecule has 4 nitrogen and oxygen atoms in total. The maximum Gasteiger partial charge on any atom is 0.320 e. The molecule has 0 bridgehead atoms. The van der Waals surface area contributed by atoms with E-state index in [0.717, 1.165) is 16.5 Å². The first-order chi connectivity index (χ1) is 10.5. The van der Waals surface area contributed by atoms with Crippen molar-refractivity contribution in [3.63, 3.8) is 0 Å². The van der Waals surface area contributed by atoms with Crippen LogP contribution in [0.25, 0.3) is 11.0 Å². The Hall–Kier alpha value is -1.81. The van der Waals surface area contributed by atoms with Gasteiger partial charge in [0, 0.05) is 5.39 Å². The number of carbonyl (C=O) groups excluding carboxylic acids is 1. The van der Waals surface area contributed by atoms with Gasteiger partial charge in [0.15, 0.2) is 0 Å². The lowest BCUT2D eigenvalue weighted by atomic mass is 10.1. The molecule has 2 aromatic rings. The molecule has 4 heteroatoms. The van der Waals surface area contributed by atoms with Crippen LogP contribution < -0.4 is 5.73 Å². The average Bonchev–Trinajstić information content (AvgIpc) is 2.91. The highest BCUT2D eigenvalue weighted by Crippen LogP contribution is 2.24. The van der Waals surface area contributed by atoms with Crippen LogP contribution in [0.5, 0.6) is 0 Å². The molecule has 0 aliphatic rings. The molecule has 0 unspecified atom stereocenters. The van der Waals surface area contributed by atoms with Crippen molar-refractivity contribution in [2.75, 3.05) is 6.54 Å². The Morgan fingerprint density at radius 1 is 1.18 bits per heavy atom. The fourth-order valence-electron chi connectivity index (χ4n) is 1.85. The number of nitrogens with two attached hydrogens (primary N) is 1. The second kappa shape index (κ2) is 10.9. The van der Waals surface area contributed by atoms with E-state index in [0.29, 0.717) is 5.76 Å². The molecule has 124 valence electrons. The summed E-state index contributed by atoms with van der Waals surface area (Å²) < 4.78 is 10.5. The quantitative estimate of drug-likeness (QED) is 0.848. The number of hydrogen-bond acceptors (Lipinski definition) is 4. The molecule has 1 aromatic carbocycles. The molecule has 1 aromatic heterocycles. The van der Waals surface area contributed by atoms with Crippen LogP contribution >= 0.6 is 0 Å². The first kappa shape index (κ1) is 20.2. The van der Waals surface area contributed by atoms with Crippen LogP contribution in [0.2, 0.25) is 0 Å². The van der Waals surface area contributed by atoms with E-state index in [4.69, 9.17) is 14.9 Å². The number of furan rings is 1. The summed E-state index contributed by atoms with van der Waals surface area (Å²) in [6.45, 7) is 12.3. The molecular weight excluding hydrogens is 278 g/mol. The number of aryl methyl sites for hydroxylation is 2. The third-order valence-corrected chi connectivity index (χ3v) is 2.54. The zero-order chi connectivity index (χ0) is 17.1. The molecule has 0 radical (unpaired) electrons. The molecule has 0 saturated carbocycles. The lowest BCUT2D eigenvalue weighted by Gasteiger charge is -1.99. The van der Waals surface area contributed by atoms with Crippen molar-refractivity contribution in [3.05, 3.63) is 35.1 Å². The molecular formula is C18H29NO3. The summed E-state index contributed by atoms with van der Waals surface area (Å²) in [5, 5.41) is 1.03. The summed E-state index contributed by atoms with van der Waals surface area (Å²) in [5.74, 6) is 0.203. The van der Waals surface area contributed by atoms with E-state index in [9.17, 15) is 4.79 Å². The summed E-state index contributed by atoms with van der Waals surface area (Å²) >= 11 is 0. The van der Waals surface area contributed by atoms with Gasteiger partial charge in [-0.15, -0.1) is 0 Å². The topological polar surface area (TPSA) is 65.5 Å². The minimum absolute atomic E-state index is 0.113. The van der Waals surface area contributed by atoms with Gasteiger partial charge < -0.3 is 14.9 Å². The van der Waals surface area contributed by atoms with E-state index in [1.165, 1.54) is 12.0 Å². The molecule has 2 N–H and O–H groups in total. The van der Waals surface area contributed by atoms with Gasteiger partial charge in [-0.2, -0.15) is 0 Å². The molecule has 0 fully saturated rings. The Morgan fingerprint density at radius 3 is 2.32 bits per heavy atom. The normalized spacial score (nSPS) is 9.41. The van der Waals surface area contributed by atoms with Crippen LogP contribution in [0, 0.1) is 13.8 Å². The second-order valence-electron chi connectivity index (χ2n) is 4.78. The van der Waals surface area contributed by atoms with E-state index in [1.807, 2.05) is 39.8 Å². The molecule has 0 aliphatic heterocycles. The third-order valence-electron chi connectivity index (χ3n) is 2.54. The molecule has 0 aliphatic carbocycles. The number of rotatable bonds is 3. The van der Waals surface area contributed by atoms with Crippen LogP contribution in [0.4, 0.5) is 0 Å². The minimum atomic E-state index is -0.432. The van der Waals surface area contributed by atoms with Gasteiger partial charge >= 0.3 is 5.97 Å². The van der Waals surface area contributed by atoms with Crippen molar-refractivity contribution >= 4 is 16.9 Å². The first-order valence-corrected chi connectivity index (χ1v) is 7.87. The maximum absolute atomic E-state index is 10.9. The number of hydrogen-bond donors (Lipinski definition) is 1. The largest absolute Gasteiger partial charge is 0.457 e. The number of benzene rings is 1. The number of fused-ring (bicyclic) bond motifs is 1. The van der Waals surface area contributed by atoms with Crippen LogP contribution in [0.3, 0.4) is 0 Å². The minimum Gasteiger partial charge on any atom is -0.457 e. The van der Waals surface area contributed by atoms with Crippen LogP contribution in [0.15, 0.2) is 22.6 Å². The molecule has 0 spiro atoms. The summed E-state index contributed by atoms with van der Waals surface area (Å²) in [4.78, 5) is 10.9. The van der Waals surface area contributed by atoms with E-state index < -0.39 is 5.97 Å². The summed E-state index contributed by atoms with van der Waals surface area (Å²) in [6, 6.07) is 5.99. The highest BCUT2D eigenvalue weighted by Gasteiger charge is 2.08. The van der Waals surface area contributed by atoms with Crippen LogP contribution in [-0.2, 0) is 16.1 Å². The predicted molar refractivity (Wildman–Crippen MR) is 91.9 cm³/mol. The third kappa shape index (κ3) is 6.31. The molecule has 0 atom stereocenters. The zero-order valence-electron chi connectivity index (χ0n) is 14.7. The highest BCUT2D eigenvalue weighted by atomic mass is 16.5. The van der Waals surface area contributed by atoms with Gasteiger partial charge in [-0.1, -0.05) is 45.7 Å².